The molecule has 2 rings (SSSR count). The summed E-state index contributed by atoms with van der Waals surface area (Å²) in [6.07, 6.45) is 1.55. The molecule has 1 saturated heterocycles. The van der Waals surface area contributed by atoms with Crippen LogP contribution in [0, 0.1) is 11.6 Å². The second-order valence-electron chi connectivity index (χ2n) is 3.84. The second kappa shape index (κ2) is 4.14. The summed E-state index contributed by atoms with van der Waals surface area (Å²) in [6, 6.07) is 1.80. The summed E-state index contributed by atoms with van der Waals surface area (Å²) in [5, 5.41) is 12.7. The van der Waals surface area contributed by atoms with E-state index in [0.29, 0.717) is 0 Å². The van der Waals surface area contributed by atoms with Crippen molar-refractivity contribution in [3.63, 3.8) is 0 Å². The fourth-order valence-electron chi connectivity index (χ4n) is 2.09. The lowest BCUT2D eigenvalue weighted by Crippen LogP contribution is -2.27. The molecule has 0 unspecified atom stereocenters. The van der Waals surface area contributed by atoms with Crippen LogP contribution in [0.4, 0.5) is 8.78 Å². The highest BCUT2D eigenvalue weighted by atomic mass is 19.1. The predicted octanol–water partition coefficient (Wildman–Crippen LogP) is 2.14. The first kappa shape index (κ1) is 10.4. The fourth-order valence-corrected chi connectivity index (χ4v) is 2.09. The minimum atomic E-state index is -0.734. The van der Waals surface area contributed by atoms with E-state index in [-0.39, 0.29) is 17.2 Å². The molecule has 1 heterocycles. The van der Waals surface area contributed by atoms with Crippen LogP contribution in [0.5, 0.6) is 5.75 Å². The quantitative estimate of drug-likeness (QED) is 0.749. The molecule has 1 aromatic rings. The molecule has 1 fully saturated rings. The van der Waals surface area contributed by atoms with Gasteiger partial charge in [-0.3, -0.25) is 0 Å². The van der Waals surface area contributed by atoms with Crippen molar-refractivity contribution in [2.45, 2.75) is 18.8 Å². The van der Waals surface area contributed by atoms with Gasteiger partial charge in [0.05, 0.1) is 0 Å². The van der Waals surface area contributed by atoms with Gasteiger partial charge in [-0.25, -0.2) is 8.78 Å². The SMILES string of the molecule is Oc1cc(F)cc(F)c1C1CCNCC1. The Hall–Kier alpha value is -1.16. The molecule has 0 amide bonds. The summed E-state index contributed by atoms with van der Waals surface area (Å²) in [5.74, 6) is -1.65. The Kier molecular flexibility index (Phi) is 2.86. The van der Waals surface area contributed by atoms with Crippen molar-refractivity contribution in [2.75, 3.05) is 13.1 Å². The van der Waals surface area contributed by atoms with E-state index >= 15 is 0 Å². The van der Waals surface area contributed by atoms with E-state index in [4.69, 9.17) is 0 Å². The Bertz CT molecular complexity index is 339. The molecule has 0 saturated carbocycles. The van der Waals surface area contributed by atoms with Gasteiger partial charge in [0.15, 0.2) is 0 Å². The summed E-state index contributed by atoms with van der Waals surface area (Å²) >= 11 is 0. The van der Waals surface area contributed by atoms with Gasteiger partial charge in [0, 0.05) is 17.7 Å². The molecule has 0 spiro atoms. The van der Waals surface area contributed by atoms with Crippen molar-refractivity contribution in [1.82, 2.24) is 5.32 Å². The van der Waals surface area contributed by atoms with E-state index in [0.717, 1.165) is 38.1 Å². The van der Waals surface area contributed by atoms with Crippen molar-refractivity contribution in [1.29, 1.82) is 0 Å². The molecule has 4 heteroatoms. The molecule has 0 atom stereocenters. The van der Waals surface area contributed by atoms with Crippen LogP contribution in [-0.2, 0) is 0 Å². The maximum absolute atomic E-state index is 13.5. The predicted molar refractivity (Wildman–Crippen MR) is 52.9 cm³/mol. The number of nitrogens with one attached hydrogen (secondary N) is 1. The molecule has 15 heavy (non-hydrogen) atoms. The van der Waals surface area contributed by atoms with Gasteiger partial charge in [0.25, 0.3) is 0 Å². The molecule has 2 nitrogen and oxygen atoms in total. The molecular formula is C11H13F2NO. The maximum atomic E-state index is 13.5. The Balaban J connectivity index is 2.33. The summed E-state index contributed by atoms with van der Waals surface area (Å²) in [5.41, 5.74) is 0.262. The van der Waals surface area contributed by atoms with Gasteiger partial charge in [0.1, 0.15) is 17.4 Å². The molecule has 0 aromatic heterocycles. The molecule has 0 aliphatic carbocycles. The van der Waals surface area contributed by atoms with E-state index in [2.05, 4.69) is 5.32 Å². The van der Waals surface area contributed by atoms with Crippen LogP contribution in [0.2, 0.25) is 0 Å². The normalized spacial score (nSPS) is 18.0. The average Bonchev–Trinajstić information content (AvgIpc) is 2.17. The molecule has 0 bridgehead atoms. The van der Waals surface area contributed by atoms with Gasteiger partial charge in [0.2, 0.25) is 0 Å². The third-order valence-electron chi connectivity index (χ3n) is 2.82. The molecule has 1 aliphatic heterocycles. The Morgan fingerprint density at radius 1 is 1.20 bits per heavy atom. The van der Waals surface area contributed by atoms with Crippen molar-refractivity contribution in [3.05, 3.63) is 29.3 Å². The average molecular weight is 213 g/mol. The van der Waals surface area contributed by atoms with E-state index in [1.165, 1.54) is 0 Å². The van der Waals surface area contributed by atoms with Crippen LogP contribution < -0.4 is 5.32 Å². The summed E-state index contributed by atoms with van der Waals surface area (Å²) in [7, 11) is 0. The van der Waals surface area contributed by atoms with Gasteiger partial charge >= 0.3 is 0 Å². The minimum Gasteiger partial charge on any atom is -0.507 e. The molecular weight excluding hydrogens is 200 g/mol. The lowest BCUT2D eigenvalue weighted by Gasteiger charge is -2.23. The van der Waals surface area contributed by atoms with Crippen LogP contribution in [0.15, 0.2) is 12.1 Å². The standard InChI is InChI=1S/C11H13F2NO/c12-8-5-9(13)11(10(15)6-8)7-1-3-14-4-2-7/h5-7,14-15H,1-4H2. The topological polar surface area (TPSA) is 32.3 Å². The van der Waals surface area contributed by atoms with Crippen molar-refractivity contribution in [2.24, 2.45) is 0 Å². The smallest absolute Gasteiger partial charge is 0.133 e. The number of phenols is 1. The number of phenolic OH excluding ortho intramolecular Hbond substituents is 1. The largest absolute Gasteiger partial charge is 0.507 e. The zero-order valence-corrected chi connectivity index (χ0v) is 8.26. The Morgan fingerprint density at radius 3 is 2.47 bits per heavy atom. The first-order valence-corrected chi connectivity index (χ1v) is 5.07. The lowest BCUT2D eigenvalue weighted by atomic mass is 9.89. The monoisotopic (exact) mass is 213 g/mol. The maximum Gasteiger partial charge on any atom is 0.133 e. The summed E-state index contributed by atoms with van der Waals surface area (Å²) < 4.78 is 26.2. The lowest BCUT2D eigenvalue weighted by molar-refractivity contribution is 0.404. The number of benzene rings is 1. The highest BCUT2D eigenvalue weighted by molar-refractivity contribution is 5.37. The van der Waals surface area contributed by atoms with Crippen LogP contribution in [-0.4, -0.2) is 18.2 Å². The van der Waals surface area contributed by atoms with Gasteiger partial charge in [-0.2, -0.15) is 0 Å². The zero-order valence-electron chi connectivity index (χ0n) is 8.26. The van der Waals surface area contributed by atoms with Gasteiger partial charge in [-0.1, -0.05) is 0 Å². The van der Waals surface area contributed by atoms with Crippen LogP contribution in [0.3, 0.4) is 0 Å². The Labute approximate surface area is 86.9 Å². The molecule has 1 aromatic carbocycles. The van der Waals surface area contributed by atoms with Crippen molar-refractivity contribution >= 4 is 0 Å². The third-order valence-corrected chi connectivity index (χ3v) is 2.82. The summed E-state index contributed by atoms with van der Waals surface area (Å²) in [4.78, 5) is 0. The molecule has 2 N–H and O–H groups in total. The van der Waals surface area contributed by atoms with Crippen LogP contribution >= 0.6 is 0 Å². The summed E-state index contributed by atoms with van der Waals surface area (Å²) in [6.45, 7) is 1.61. The first-order chi connectivity index (χ1) is 7.18. The van der Waals surface area contributed by atoms with Gasteiger partial charge in [-0.15, -0.1) is 0 Å². The first-order valence-electron chi connectivity index (χ1n) is 5.07. The minimum absolute atomic E-state index is 0.00755. The van der Waals surface area contributed by atoms with Crippen molar-refractivity contribution < 1.29 is 13.9 Å². The highest BCUT2D eigenvalue weighted by Gasteiger charge is 2.22. The van der Waals surface area contributed by atoms with Gasteiger partial charge in [-0.05, 0) is 31.8 Å². The van der Waals surface area contributed by atoms with E-state index in [1.54, 1.807) is 0 Å². The molecule has 1 aliphatic rings. The second-order valence-corrected chi connectivity index (χ2v) is 3.84. The van der Waals surface area contributed by atoms with E-state index in [1.807, 2.05) is 0 Å². The van der Waals surface area contributed by atoms with Crippen LogP contribution in [0.1, 0.15) is 24.3 Å². The van der Waals surface area contributed by atoms with Gasteiger partial charge < -0.3 is 10.4 Å². The molecule has 82 valence electrons. The van der Waals surface area contributed by atoms with E-state index in [9.17, 15) is 13.9 Å². The number of piperidine rings is 1. The number of halogens is 2. The van der Waals surface area contributed by atoms with E-state index < -0.39 is 11.6 Å². The number of aromatic hydroxyl groups is 1. The number of rotatable bonds is 1. The molecule has 0 radical (unpaired) electrons. The Morgan fingerprint density at radius 2 is 1.87 bits per heavy atom. The van der Waals surface area contributed by atoms with Crippen LogP contribution in [0.25, 0.3) is 0 Å². The number of hydrogen-bond acceptors (Lipinski definition) is 2. The fraction of sp³-hybridized carbons (Fsp3) is 0.455. The van der Waals surface area contributed by atoms with Crippen molar-refractivity contribution in [3.8, 4) is 5.75 Å². The third kappa shape index (κ3) is 2.09. The number of hydrogen-bond donors (Lipinski definition) is 2. The zero-order chi connectivity index (χ0) is 10.8. The highest BCUT2D eigenvalue weighted by Crippen LogP contribution is 2.34.